The molecule has 0 unspecified atom stereocenters. The van der Waals surface area contributed by atoms with E-state index in [9.17, 15) is 13.2 Å². The van der Waals surface area contributed by atoms with Gasteiger partial charge in [0, 0.05) is 18.8 Å². The number of carbonyl (C=O) groups excluding carboxylic acids is 1. The van der Waals surface area contributed by atoms with E-state index in [-0.39, 0.29) is 23.5 Å². The van der Waals surface area contributed by atoms with E-state index in [1.54, 1.807) is 50.6 Å². The van der Waals surface area contributed by atoms with Gasteiger partial charge in [0.15, 0.2) is 6.61 Å². The number of carbonyl (C=O) groups is 1. The predicted octanol–water partition coefficient (Wildman–Crippen LogP) is 3.35. The zero-order valence-electron chi connectivity index (χ0n) is 17.3. The van der Waals surface area contributed by atoms with E-state index < -0.39 is 10.0 Å². The molecule has 1 aliphatic rings. The number of anilines is 1. The zero-order chi connectivity index (χ0) is 21.6. The zero-order valence-corrected chi connectivity index (χ0v) is 18.2. The van der Waals surface area contributed by atoms with Crippen LogP contribution in [0.1, 0.15) is 32.1 Å². The van der Waals surface area contributed by atoms with Crippen molar-refractivity contribution < 1.29 is 22.7 Å². The summed E-state index contributed by atoms with van der Waals surface area (Å²) in [7, 11) is -0.304. The van der Waals surface area contributed by atoms with Crippen LogP contribution >= 0.6 is 0 Å². The second-order valence-electron chi connectivity index (χ2n) is 7.37. The topological polar surface area (TPSA) is 84.9 Å². The standard InChI is InChI=1S/C22H28N2O5S/c1-24(18-8-10-19(28-2)11-9-18)22(25)16-29-20-12-14-21(15-13-20)30(26,27)23-17-6-4-3-5-7-17/h8-15,17,23H,3-7,16H2,1-2H3. The van der Waals surface area contributed by atoms with Gasteiger partial charge in [-0.15, -0.1) is 0 Å². The minimum atomic E-state index is -3.55. The Morgan fingerprint density at radius 1 is 1.00 bits per heavy atom. The normalized spacial score (nSPS) is 14.9. The minimum absolute atomic E-state index is 0.00536. The fourth-order valence-electron chi connectivity index (χ4n) is 3.41. The van der Waals surface area contributed by atoms with E-state index in [0.29, 0.717) is 11.5 Å². The number of nitrogens with zero attached hydrogens (tertiary/aromatic N) is 1. The first-order valence-electron chi connectivity index (χ1n) is 10.0. The lowest BCUT2D eigenvalue weighted by molar-refractivity contribution is -0.120. The molecule has 1 aliphatic carbocycles. The molecular weight excluding hydrogens is 404 g/mol. The molecule has 1 saturated carbocycles. The Morgan fingerprint density at radius 2 is 1.60 bits per heavy atom. The summed E-state index contributed by atoms with van der Waals surface area (Å²) >= 11 is 0. The highest BCUT2D eigenvalue weighted by molar-refractivity contribution is 7.89. The highest BCUT2D eigenvalue weighted by atomic mass is 32.2. The van der Waals surface area contributed by atoms with Crippen molar-refractivity contribution in [2.45, 2.75) is 43.0 Å². The van der Waals surface area contributed by atoms with Crippen LogP contribution in [0.2, 0.25) is 0 Å². The third-order valence-electron chi connectivity index (χ3n) is 5.26. The minimum Gasteiger partial charge on any atom is -0.497 e. The number of amides is 1. The highest BCUT2D eigenvalue weighted by Crippen LogP contribution is 2.22. The SMILES string of the molecule is COc1ccc(N(C)C(=O)COc2ccc(S(=O)(=O)NC3CCCCC3)cc2)cc1. The Labute approximate surface area is 178 Å². The van der Waals surface area contributed by atoms with Crippen molar-refractivity contribution in [1.82, 2.24) is 4.72 Å². The van der Waals surface area contributed by atoms with Gasteiger partial charge < -0.3 is 14.4 Å². The van der Waals surface area contributed by atoms with Crippen LogP contribution < -0.4 is 19.1 Å². The molecule has 0 aliphatic heterocycles. The van der Waals surface area contributed by atoms with Gasteiger partial charge in [-0.2, -0.15) is 0 Å². The molecule has 0 heterocycles. The van der Waals surface area contributed by atoms with Crippen LogP contribution in [0, 0.1) is 0 Å². The number of ether oxygens (including phenoxy) is 2. The molecule has 0 atom stereocenters. The lowest BCUT2D eigenvalue weighted by Gasteiger charge is -2.22. The molecule has 1 fully saturated rings. The van der Waals surface area contributed by atoms with Gasteiger partial charge in [0.1, 0.15) is 11.5 Å². The van der Waals surface area contributed by atoms with Crippen LogP contribution in [0.25, 0.3) is 0 Å². The van der Waals surface area contributed by atoms with Crippen LogP contribution in [0.4, 0.5) is 5.69 Å². The van der Waals surface area contributed by atoms with Crippen LogP contribution in [0.15, 0.2) is 53.4 Å². The third kappa shape index (κ3) is 5.73. The molecule has 8 heteroatoms. The number of hydrogen-bond acceptors (Lipinski definition) is 5. The summed E-state index contributed by atoms with van der Waals surface area (Å²) in [5, 5.41) is 0. The van der Waals surface area contributed by atoms with E-state index in [4.69, 9.17) is 9.47 Å². The largest absolute Gasteiger partial charge is 0.497 e. The molecule has 7 nitrogen and oxygen atoms in total. The number of methoxy groups -OCH3 is 1. The number of benzene rings is 2. The van der Waals surface area contributed by atoms with E-state index in [0.717, 1.165) is 37.8 Å². The fourth-order valence-corrected chi connectivity index (χ4v) is 4.72. The van der Waals surface area contributed by atoms with Gasteiger partial charge in [-0.1, -0.05) is 19.3 Å². The molecule has 0 spiro atoms. The third-order valence-corrected chi connectivity index (χ3v) is 6.79. The summed E-state index contributed by atoms with van der Waals surface area (Å²) in [6.45, 7) is -0.158. The van der Waals surface area contributed by atoms with E-state index >= 15 is 0 Å². The molecule has 2 aromatic carbocycles. The molecule has 0 saturated heterocycles. The Kier molecular flexibility index (Phi) is 7.33. The summed E-state index contributed by atoms with van der Waals surface area (Å²) in [5.41, 5.74) is 0.722. The predicted molar refractivity (Wildman–Crippen MR) is 116 cm³/mol. The lowest BCUT2D eigenvalue weighted by Crippen LogP contribution is -2.36. The quantitative estimate of drug-likeness (QED) is 0.692. The van der Waals surface area contributed by atoms with Gasteiger partial charge in [0.2, 0.25) is 10.0 Å². The first-order chi connectivity index (χ1) is 14.4. The molecule has 2 aromatic rings. The van der Waals surface area contributed by atoms with Crippen molar-refractivity contribution in [2.24, 2.45) is 0 Å². The molecule has 0 radical (unpaired) electrons. The molecule has 3 rings (SSSR count). The Balaban J connectivity index is 1.55. The van der Waals surface area contributed by atoms with Gasteiger partial charge in [-0.25, -0.2) is 13.1 Å². The Hall–Kier alpha value is -2.58. The van der Waals surface area contributed by atoms with Crippen molar-refractivity contribution in [3.63, 3.8) is 0 Å². The van der Waals surface area contributed by atoms with Gasteiger partial charge in [0.05, 0.1) is 12.0 Å². The van der Waals surface area contributed by atoms with Gasteiger partial charge in [-0.3, -0.25) is 4.79 Å². The number of sulfonamides is 1. The summed E-state index contributed by atoms with van der Waals surface area (Å²) in [6, 6.07) is 13.3. The number of likely N-dealkylation sites (N-methyl/N-ethyl adjacent to an activating group) is 1. The van der Waals surface area contributed by atoms with E-state index in [2.05, 4.69) is 4.72 Å². The smallest absolute Gasteiger partial charge is 0.264 e. The van der Waals surface area contributed by atoms with Crippen LogP contribution in [0.3, 0.4) is 0 Å². The Bertz CT molecular complexity index is 936. The van der Waals surface area contributed by atoms with Crippen molar-refractivity contribution in [1.29, 1.82) is 0 Å². The molecule has 1 amide bonds. The van der Waals surface area contributed by atoms with Crippen molar-refractivity contribution in [3.05, 3.63) is 48.5 Å². The van der Waals surface area contributed by atoms with E-state index in [1.165, 1.54) is 17.0 Å². The van der Waals surface area contributed by atoms with Crippen molar-refractivity contribution in [2.75, 3.05) is 25.7 Å². The van der Waals surface area contributed by atoms with Gasteiger partial charge >= 0.3 is 0 Å². The molecule has 30 heavy (non-hydrogen) atoms. The molecule has 162 valence electrons. The highest BCUT2D eigenvalue weighted by Gasteiger charge is 2.22. The summed E-state index contributed by atoms with van der Waals surface area (Å²) in [4.78, 5) is 14.1. The fraction of sp³-hybridized carbons (Fsp3) is 0.409. The maximum Gasteiger partial charge on any atom is 0.264 e. The first-order valence-corrected chi connectivity index (χ1v) is 11.5. The number of hydrogen-bond donors (Lipinski definition) is 1. The average Bonchev–Trinajstić information content (AvgIpc) is 2.77. The summed E-state index contributed by atoms with van der Waals surface area (Å²) in [5.74, 6) is 0.919. The molecule has 0 bridgehead atoms. The number of nitrogens with one attached hydrogen (secondary N) is 1. The van der Waals surface area contributed by atoms with Gasteiger partial charge in [0.25, 0.3) is 5.91 Å². The van der Waals surface area contributed by atoms with Crippen LogP contribution in [-0.4, -0.2) is 41.1 Å². The summed E-state index contributed by atoms with van der Waals surface area (Å²) < 4.78 is 38.5. The summed E-state index contributed by atoms with van der Waals surface area (Å²) in [6.07, 6.45) is 5.03. The molecule has 1 N–H and O–H groups in total. The van der Waals surface area contributed by atoms with E-state index in [1.807, 2.05) is 0 Å². The van der Waals surface area contributed by atoms with Gasteiger partial charge in [-0.05, 0) is 61.4 Å². The van der Waals surface area contributed by atoms with Crippen molar-refractivity contribution >= 4 is 21.6 Å². The second-order valence-corrected chi connectivity index (χ2v) is 9.08. The van der Waals surface area contributed by atoms with Crippen molar-refractivity contribution in [3.8, 4) is 11.5 Å². The average molecular weight is 433 g/mol. The monoisotopic (exact) mass is 432 g/mol. The Morgan fingerprint density at radius 3 is 2.20 bits per heavy atom. The maximum atomic E-state index is 12.5. The second kappa shape index (κ2) is 9.95. The van der Waals surface area contributed by atoms with Crippen LogP contribution in [-0.2, 0) is 14.8 Å². The molecule has 0 aromatic heterocycles. The first kappa shape index (κ1) is 22.1. The maximum absolute atomic E-state index is 12.5. The van der Waals surface area contributed by atoms with Crippen LogP contribution in [0.5, 0.6) is 11.5 Å². The number of rotatable bonds is 8. The molecular formula is C22H28N2O5S. The lowest BCUT2D eigenvalue weighted by atomic mass is 9.96.